The van der Waals surface area contributed by atoms with Gasteiger partial charge in [0.1, 0.15) is 11.5 Å². The van der Waals surface area contributed by atoms with Crippen LogP contribution in [0.3, 0.4) is 0 Å². The SMILES string of the molecule is Nc1ccsc1C(=O)OCc1cn2ccsc2n1. The average Bonchev–Trinajstić information content (AvgIpc) is 3.00. The Kier molecular flexibility index (Phi) is 2.77. The Morgan fingerprint density at radius 1 is 1.44 bits per heavy atom. The highest BCUT2D eigenvalue weighted by Gasteiger charge is 2.13. The van der Waals surface area contributed by atoms with Gasteiger partial charge in [-0.25, -0.2) is 9.78 Å². The zero-order chi connectivity index (χ0) is 12.5. The molecule has 2 N–H and O–H groups in total. The molecule has 0 saturated carbocycles. The summed E-state index contributed by atoms with van der Waals surface area (Å²) in [6, 6.07) is 1.69. The second-order valence-electron chi connectivity index (χ2n) is 3.61. The van der Waals surface area contributed by atoms with Gasteiger partial charge in [0.05, 0.1) is 11.4 Å². The Balaban J connectivity index is 1.69. The Labute approximate surface area is 110 Å². The van der Waals surface area contributed by atoms with E-state index in [1.165, 1.54) is 22.7 Å². The van der Waals surface area contributed by atoms with Crippen molar-refractivity contribution in [2.45, 2.75) is 6.61 Å². The highest BCUT2D eigenvalue weighted by Crippen LogP contribution is 2.20. The van der Waals surface area contributed by atoms with Gasteiger partial charge in [0.2, 0.25) is 0 Å². The molecule has 3 heterocycles. The van der Waals surface area contributed by atoms with Crippen LogP contribution in [0.5, 0.6) is 0 Å². The van der Waals surface area contributed by atoms with Crippen LogP contribution in [0.15, 0.2) is 29.2 Å². The molecule has 0 unspecified atom stereocenters. The number of carbonyl (C=O) groups excluding carboxylic acids is 1. The number of rotatable bonds is 3. The molecule has 0 radical (unpaired) electrons. The summed E-state index contributed by atoms with van der Waals surface area (Å²) in [6.07, 6.45) is 3.76. The fourth-order valence-electron chi connectivity index (χ4n) is 1.54. The molecule has 18 heavy (non-hydrogen) atoms. The summed E-state index contributed by atoms with van der Waals surface area (Å²) >= 11 is 2.81. The maximum Gasteiger partial charge on any atom is 0.350 e. The van der Waals surface area contributed by atoms with Crippen LogP contribution in [0.25, 0.3) is 4.96 Å². The van der Waals surface area contributed by atoms with Crippen molar-refractivity contribution in [1.82, 2.24) is 9.38 Å². The minimum atomic E-state index is -0.404. The number of thiazole rings is 1. The van der Waals surface area contributed by atoms with Gasteiger partial charge in [0.25, 0.3) is 0 Å². The molecule has 0 aliphatic carbocycles. The van der Waals surface area contributed by atoms with E-state index in [-0.39, 0.29) is 6.61 Å². The molecule has 3 aromatic heterocycles. The second-order valence-corrected chi connectivity index (χ2v) is 5.40. The highest BCUT2D eigenvalue weighted by molar-refractivity contribution is 7.15. The monoisotopic (exact) mass is 279 g/mol. The zero-order valence-corrected chi connectivity index (χ0v) is 10.8. The molecule has 0 aliphatic rings. The second kappa shape index (κ2) is 4.43. The number of anilines is 1. The molecule has 0 aromatic carbocycles. The lowest BCUT2D eigenvalue weighted by Crippen LogP contribution is -2.05. The number of hydrogen-bond acceptors (Lipinski definition) is 6. The first-order valence-electron chi connectivity index (χ1n) is 5.15. The number of imidazole rings is 1. The molecule has 0 saturated heterocycles. The maximum absolute atomic E-state index is 11.7. The third-order valence-electron chi connectivity index (χ3n) is 2.38. The summed E-state index contributed by atoms with van der Waals surface area (Å²) in [6.45, 7) is 0.157. The molecule has 0 fully saturated rings. The maximum atomic E-state index is 11.7. The molecule has 5 nitrogen and oxygen atoms in total. The summed E-state index contributed by atoms with van der Waals surface area (Å²) in [5.74, 6) is -0.404. The van der Waals surface area contributed by atoms with Crippen molar-refractivity contribution in [1.29, 1.82) is 0 Å². The van der Waals surface area contributed by atoms with E-state index in [1.807, 2.05) is 22.2 Å². The molecule has 92 valence electrons. The molecule has 0 aliphatic heterocycles. The summed E-state index contributed by atoms with van der Waals surface area (Å²) in [5.41, 5.74) is 6.83. The van der Waals surface area contributed by atoms with Crippen molar-refractivity contribution in [3.05, 3.63) is 39.8 Å². The van der Waals surface area contributed by atoms with Crippen molar-refractivity contribution < 1.29 is 9.53 Å². The Morgan fingerprint density at radius 3 is 3.06 bits per heavy atom. The standard InChI is InChI=1S/C11H9N3O2S2/c12-8-1-3-17-9(8)10(15)16-6-7-5-14-2-4-18-11(14)13-7/h1-5H,6,12H2. The first-order valence-corrected chi connectivity index (χ1v) is 6.91. The van der Waals surface area contributed by atoms with E-state index in [2.05, 4.69) is 4.98 Å². The van der Waals surface area contributed by atoms with E-state index in [1.54, 1.807) is 11.4 Å². The van der Waals surface area contributed by atoms with Gasteiger partial charge in [-0.3, -0.25) is 4.40 Å². The van der Waals surface area contributed by atoms with Gasteiger partial charge in [0.15, 0.2) is 4.96 Å². The Hall–Kier alpha value is -1.86. The zero-order valence-electron chi connectivity index (χ0n) is 9.20. The number of carbonyl (C=O) groups is 1. The molecule has 3 rings (SSSR count). The lowest BCUT2D eigenvalue weighted by Gasteiger charge is -2.01. The van der Waals surface area contributed by atoms with E-state index in [9.17, 15) is 4.79 Å². The van der Waals surface area contributed by atoms with Crippen LogP contribution in [-0.4, -0.2) is 15.4 Å². The largest absolute Gasteiger partial charge is 0.455 e. The highest BCUT2D eigenvalue weighted by atomic mass is 32.1. The number of aromatic nitrogens is 2. The number of fused-ring (bicyclic) bond motifs is 1. The third kappa shape index (κ3) is 1.98. The number of nitrogens with zero attached hydrogens (tertiary/aromatic N) is 2. The molecular weight excluding hydrogens is 270 g/mol. The van der Waals surface area contributed by atoms with Crippen LogP contribution < -0.4 is 5.73 Å². The van der Waals surface area contributed by atoms with Crippen LogP contribution >= 0.6 is 22.7 Å². The van der Waals surface area contributed by atoms with Gasteiger partial charge < -0.3 is 10.5 Å². The van der Waals surface area contributed by atoms with Gasteiger partial charge in [-0.1, -0.05) is 0 Å². The van der Waals surface area contributed by atoms with Crippen molar-refractivity contribution in [3.63, 3.8) is 0 Å². The lowest BCUT2D eigenvalue weighted by atomic mass is 10.4. The Morgan fingerprint density at radius 2 is 2.33 bits per heavy atom. The quantitative estimate of drug-likeness (QED) is 0.747. The van der Waals surface area contributed by atoms with E-state index >= 15 is 0 Å². The topological polar surface area (TPSA) is 69.6 Å². The molecule has 3 aromatic rings. The van der Waals surface area contributed by atoms with Gasteiger partial charge in [0, 0.05) is 17.8 Å². The number of nitrogens with two attached hydrogens (primary N) is 1. The lowest BCUT2D eigenvalue weighted by molar-refractivity contribution is 0.0475. The van der Waals surface area contributed by atoms with Crippen LogP contribution in [0.1, 0.15) is 15.4 Å². The van der Waals surface area contributed by atoms with E-state index in [0.717, 1.165) is 10.7 Å². The smallest absolute Gasteiger partial charge is 0.350 e. The molecule has 7 heteroatoms. The average molecular weight is 279 g/mol. The van der Waals surface area contributed by atoms with E-state index in [0.29, 0.717) is 10.6 Å². The van der Waals surface area contributed by atoms with Gasteiger partial charge in [-0.15, -0.1) is 22.7 Å². The molecule has 0 spiro atoms. The number of nitrogen functional groups attached to an aromatic ring is 1. The minimum Gasteiger partial charge on any atom is -0.455 e. The van der Waals surface area contributed by atoms with Gasteiger partial charge in [-0.05, 0) is 11.4 Å². The van der Waals surface area contributed by atoms with Crippen LogP contribution in [0, 0.1) is 0 Å². The van der Waals surface area contributed by atoms with Crippen LogP contribution in [-0.2, 0) is 11.3 Å². The van der Waals surface area contributed by atoms with Crippen molar-refractivity contribution in [2.24, 2.45) is 0 Å². The van der Waals surface area contributed by atoms with Crippen molar-refractivity contribution in [2.75, 3.05) is 5.73 Å². The predicted octanol–water partition coefficient (Wildman–Crippen LogP) is 2.40. The van der Waals surface area contributed by atoms with Crippen LogP contribution in [0.2, 0.25) is 0 Å². The van der Waals surface area contributed by atoms with E-state index < -0.39 is 5.97 Å². The number of esters is 1. The number of thiophene rings is 1. The Bertz CT molecular complexity index is 669. The first-order chi connectivity index (χ1) is 8.74. The van der Waals surface area contributed by atoms with Gasteiger partial charge in [-0.2, -0.15) is 0 Å². The third-order valence-corrected chi connectivity index (χ3v) is 4.06. The number of hydrogen-bond donors (Lipinski definition) is 1. The normalized spacial score (nSPS) is 10.9. The summed E-state index contributed by atoms with van der Waals surface area (Å²) in [4.78, 5) is 17.4. The minimum absolute atomic E-state index is 0.157. The van der Waals surface area contributed by atoms with E-state index in [4.69, 9.17) is 10.5 Å². The van der Waals surface area contributed by atoms with Crippen molar-refractivity contribution in [3.8, 4) is 0 Å². The summed E-state index contributed by atoms with van der Waals surface area (Å²) in [5, 5.41) is 3.71. The molecular formula is C11H9N3O2S2. The summed E-state index contributed by atoms with van der Waals surface area (Å²) in [7, 11) is 0. The predicted molar refractivity (Wildman–Crippen MR) is 70.9 cm³/mol. The summed E-state index contributed by atoms with van der Waals surface area (Å²) < 4.78 is 7.07. The molecule has 0 bridgehead atoms. The fraction of sp³-hybridized carbons (Fsp3) is 0.0909. The molecule has 0 atom stereocenters. The number of ether oxygens (including phenoxy) is 1. The first kappa shape index (κ1) is 11.2. The molecule has 0 amide bonds. The van der Waals surface area contributed by atoms with Gasteiger partial charge >= 0.3 is 5.97 Å². The fourth-order valence-corrected chi connectivity index (χ4v) is 2.96. The van der Waals surface area contributed by atoms with Crippen molar-refractivity contribution >= 4 is 39.3 Å². The van der Waals surface area contributed by atoms with Crippen LogP contribution in [0.4, 0.5) is 5.69 Å².